The Morgan fingerprint density at radius 2 is 2.53 bits per heavy atom. The van der Waals surface area contributed by atoms with E-state index >= 15 is 0 Å². The SMILES string of the molecule is CC1COC(CO)CN1c1nc(N)ns1. The number of ether oxygens (including phenoxy) is 1. The molecule has 0 amide bonds. The van der Waals surface area contributed by atoms with Crippen molar-refractivity contribution in [2.75, 3.05) is 30.4 Å². The van der Waals surface area contributed by atoms with E-state index in [2.05, 4.69) is 14.3 Å². The second-order valence-corrected chi connectivity index (χ2v) is 4.30. The molecule has 0 aliphatic carbocycles. The molecule has 1 aromatic rings. The first-order valence-corrected chi connectivity index (χ1v) is 5.56. The van der Waals surface area contributed by atoms with Crippen LogP contribution in [-0.2, 0) is 4.74 Å². The van der Waals surface area contributed by atoms with E-state index in [4.69, 9.17) is 15.6 Å². The molecule has 15 heavy (non-hydrogen) atoms. The van der Waals surface area contributed by atoms with E-state index in [9.17, 15) is 0 Å². The molecule has 1 aliphatic rings. The zero-order chi connectivity index (χ0) is 10.8. The second-order valence-electron chi connectivity index (χ2n) is 3.57. The topological polar surface area (TPSA) is 84.5 Å². The Bertz CT molecular complexity index is 332. The van der Waals surface area contributed by atoms with Crippen LogP contribution in [0.2, 0.25) is 0 Å². The highest BCUT2D eigenvalue weighted by Crippen LogP contribution is 2.23. The molecule has 84 valence electrons. The van der Waals surface area contributed by atoms with Gasteiger partial charge in [-0.05, 0) is 6.92 Å². The van der Waals surface area contributed by atoms with Crippen LogP contribution in [-0.4, -0.2) is 46.4 Å². The third-order valence-corrected chi connectivity index (χ3v) is 3.15. The fraction of sp³-hybridized carbons (Fsp3) is 0.750. The molecule has 0 bridgehead atoms. The molecule has 3 N–H and O–H groups in total. The number of anilines is 2. The summed E-state index contributed by atoms with van der Waals surface area (Å²) in [7, 11) is 0. The van der Waals surface area contributed by atoms with Gasteiger partial charge in [0.15, 0.2) is 0 Å². The minimum absolute atomic E-state index is 0.0253. The monoisotopic (exact) mass is 230 g/mol. The van der Waals surface area contributed by atoms with Crippen molar-refractivity contribution in [3.05, 3.63) is 0 Å². The van der Waals surface area contributed by atoms with Gasteiger partial charge in [-0.25, -0.2) is 0 Å². The molecule has 2 atom stereocenters. The summed E-state index contributed by atoms with van der Waals surface area (Å²) in [5.41, 5.74) is 5.48. The highest BCUT2D eigenvalue weighted by molar-refractivity contribution is 7.09. The van der Waals surface area contributed by atoms with Crippen molar-refractivity contribution >= 4 is 22.6 Å². The van der Waals surface area contributed by atoms with Gasteiger partial charge in [0.05, 0.1) is 25.4 Å². The lowest BCUT2D eigenvalue weighted by molar-refractivity contribution is -0.0103. The van der Waals surface area contributed by atoms with Crippen LogP contribution in [0.15, 0.2) is 0 Å². The quantitative estimate of drug-likeness (QED) is 0.726. The number of rotatable bonds is 2. The van der Waals surface area contributed by atoms with Crippen LogP contribution in [0.4, 0.5) is 11.1 Å². The van der Waals surface area contributed by atoms with Gasteiger partial charge in [0.25, 0.3) is 0 Å². The van der Waals surface area contributed by atoms with Gasteiger partial charge in [0, 0.05) is 18.1 Å². The van der Waals surface area contributed by atoms with E-state index in [0.29, 0.717) is 19.1 Å². The van der Waals surface area contributed by atoms with Gasteiger partial charge in [-0.1, -0.05) is 0 Å². The molecule has 0 spiro atoms. The third kappa shape index (κ3) is 2.19. The van der Waals surface area contributed by atoms with E-state index in [1.807, 2.05) is 6.92 Å². The van der Waals surface area contributed by atoms with Crippen LogP contribution in [0, 0.1) is 0 Å². The molecule has 0 saturated carbocycles. The van der Waals surface area contributed by atoms with Gasteiger partial charge >= 0.3 is 0 Å². The fourth-order valence-corrected chi connectivity index (χ4v) is 2.25. The van der Waals surface area contributed by atoms with Crippen LogP contribution >= 0.6 is 11.5 Å². The van der Waals surface area contributed by atoms with Gasteiger partial charge in [0.1, 0.15) is 0 Å². The number of aliphatic hydroxyl groups excluding tert-OH is 1. The van der Waals surface area contributed by atoms with Gasteiger partial charge in [0.2, 0.25) is 11.1 Å². The molecule has 6 nitrogen and oxygen atoms in total. The molecule has 0 radical (unpaired) electrons. The van der Waals surface area contributed by atoms with Gasteiger partial charge in [-0.15, -0.1) is 0 Å². The van der Waals surface area contributed by atoms with Crippen molar-refractivity contribution in [1.82, 2.24) is 9.36 Å². The molecular formula is C8H14N4O2S. The maximum absolute atomic E-state index is 9.04. The van der Waals surface area contributed by atoms with E-state index in [1.165, 1.54) is 11.5 Å². The van der Waals surface area contributed by atoms with Crippen molar-refractivity contribution in [3.63, 3.8) is 0 Å². The average Bonchev–Trinajstić information content (AvgIpc) is 2.65. The number of hydrogen-bond donors (Lipinski definition) is 2. The fourth-order valence-electron chi connectivity index (χ4n) is 1.54. The minimum atomic E-state index is -0.147. The lowest BCUT2D eigenvalue weighted by atomic mass is 10.2. The first kappa shape index (κ1) is 10.6. The molecule has 1 fully saturated rings. The van der Waals surface area contributed by atoms with Gasteiger partial charge in [-0.3, -0.25) is 0 Å². The maximum atomic E-state index is 9.04. The Morgan fingerprint density at radius 1 is 1.73 bits per heavy atom. The van der Waals surface area contributed by atoms with E-state index < -0.39 is 0 Å². The number of nitrogens with two attached hydrogens (primary N) is 1. The molecular weight excluding hydrogens is 216 g/mol. The Balaban J connectivity index is 2.12. The summed E-state index contributed by atoms with van der Waals surface area (Å²) in [5.74, 6) is 0.300. The zero-order valence-corrected chi connectivity index (χ0v) is 9.28. The number of nitrogen functional groups attached to an aromatic ring is 1. The number of nitrogens with zero attached hydrogens (tertiary/aromatic N) is 3. The summed E-state index contributed by atoms with van der Waals surface area (Å²) in [5, 5.41) is 9.83. The van der Waals surface area contributed by atoms with Crippen LogP contribution in [0.25, 0.3) is 0 Å². The molecule has 2 unspecified atom stereocenters. The Hall–Kier alpha value is -0.920. The lowest BCUT2D eigenvalue weighted by Crippen LogP contribution is -2.49. The number of aromatic nitrogens is 2. The number of morpholine rings is 1. The van der Waals surface area contributed by atoms with Crippen LogP contribution < -0.4 is 10.6 Å². The normalized spacial score (nSPS) is 26.9. The molecule has 2 heterocycles. The number of aliphatic hydroxyl groups is 1. The van der Waals surface area contributed by atoms with Crippen molar-refractivity contribution in [2.45, 2.75) is 19.1 Å². The summed E-state index contributed by atoms with van der Waals surface area (Å²) in [6.07, 6.45) is -0.147. The smallest absolute Gasteiger partial charge is 0.233 e. The second kappa shape index (κ2) is 4.30. The zero-order valence-electron chi connectivity index (χ0n) is 8.46. The summed E-state index contributed by atoms with van der Waals surface area (Å²) >= 11 is 1.27. The van der Waals surface area contributed by atoms with Crippen LogP contribution in [0.1, 0.15) is 6.92 Å². The maximum Gasteiger partial charge on any atom is 0.233 e. The van der Waals surface area contributed by atoms with E-state index in [0.717, 1.165) is 5.13 Å². The van der Waals surface area contributed by atoms with Gasteiger partial charge < -0.3 is 20.5 Å². The summed E-state index contributed by atoms with van der Waals surface area (Å²) in [4.78, 5) is 6.20. The van der Waals surface area contributed by atoms with Crippen molar-refractivity contribution in [2.24, 2.45) is 0 Å². The Kier molecular flexibility index (Phi) is 3.03. The van der Waals surface area contributed by atoms with Crippen molar-refractivity contribution < 1.29 is 9.84 Å². The van der Waals surface area contributed by atoms with Crippen LogP contribution in [0.5, 0.6) is 0 Å². The van der Waals surface area contributed by atoms with E-state index in [-0.39, 0.29) is 18.8 Å². The Labute approximate surface area is 91.8 Å². The highest BCUT2D eigenvalue weighted by Gasteiger charge is 2.27. The average molecular weight is 230 g/mol. The molecule has 1 aromatic heterocycles. The molecule has 7 heteroatoms. The van der Waals surface area contributed by atoms with Crippen molar-refractivity contribution in [1.29, 1.82) is 0 Å². The van der Waals surface area contributed by atoms with Crippen molar-refractivity contribution in [3.8, 4) is 0 Å². The largest absolute Gasteiger partial charge is 0.394 e. The summed E-state index contributed by atoms with van der Waals surface area (Å²) in [6, 6.07) is 0.236. The summed E-state index contributed by atoms with van der Waals surface area (Å²) < 4.78 is 9.37. The van der Waals surface area contributed by atoms with Crippen LogP contribution in [0.3, 0.4) is 0 Å². The predicted octanol–water partition coefficient (Wildman–Crippen LogP) is -0.294. The lowest BCUT2D eigenvalue weighted by Gasteiger charge is -2.36. The molecule has 2 rings (SSSR count). The van der Waals surface area contributed by atoms with E-state index in [1.54, 1.807) is 0 Å². The highest BCUT2D eigenvalue weighted by atomic mass is 32.1. The third-order valence-electron chi connectivity index (χ3n) is 2.39. The minimum Gasteiger partial charge on any atom is -0.394 e. The standard InChI is InChI=1S/C8H14N4O2S/c1-5-4-14-6(3-13)2-12(5)8-10-7(9)11-15-8/h5-6,13H,2-4H2,1H3,(H2,9,11). The predicted molar refractivity (Wildman–Crippen MR) is 58.0 cm³/mol. The number of hydrogen-bond acceptors (Lipinski definition) is 7. The molecule has 1 aliphatic heterocycles. The molecule has 1 saturated heterocycles. The first-order chi connectivity index (χ1) is 7.20. The molecule has 0 aromatic carbocycles. The Morgan fingerprint density at radius 3 is 3.13 bits per heavy atom. The summed E-state index contributed by atoms with van der Waals surface area (Å²) in [6.45, 7) is 3.29. The first-order valence-electron chi connectivity index (χ1n) is 4.79. The van der Waals surface area contributed by atoms with Gasteiger partial charge in [-0.2, -0.15) is 9.36 Å².